The van der Waals surface area contributed by atoms with Gasteiger partial charge in [0.2, 0.25) is 11.8 Å². The molecule has 2 aromatic carbocycles. The Bertz CT molecular complexity index is 1160. The maximum Gasteiger partial charge on any atom is 0.336 e. The Morgan fingerprint density at radius 2 is 1.73 bits per heavy atom. The number of carbonyl (C=O) groups excluding carboxylic acids is 3. The third-order valence-electron chi connectivity index (χ3n) is 7.10. The molecule has 1 fully saturated rings. The van der Waals surface area contributed by atoms with Crippen LogP contribution in [-0.4, -0.2) is 59.9 Å². The number of hydrogen-bond acceptors (Lipinski definition) is 5. The molecule has 0 radical (unpaired) electrons. The van der Waals surface area contributed by atoms with Crippen molar-refractivity contribution >= 4 is 17.8 Å². The number of amides is 2. The molecule has 0 bridgehead atoms. The summed E-state index contributed by atoms with van der Waals surface area (Å²) in [6.45, 7) is 5.90. The summed E-state index contributed by atoms with van der Waals surface area (Å²) in [6, 6.07) is 16.4. The lowest BCUT2D eigenvalue weighted by Crippen LogP contribution is -2.49. The van der Waals surface area contributed by atoms with Crippen LogP contribution in [0.5, 0.6) is 0 Å². The second-order valence-electron chi connectivity index (χ2n) is 9.58. The summed E-state index contributed by atoms with van der Waals surface area (Å²) in [4.78, 5) is 42.6. The molecular weight excluding hydrogens is 473 g/mol. The van der Waals surface area contributed by atoms with Gasteiger partial charge >= 0.3 is 5.97 Å². The zero-order valence-electron chi connectivity index (χ0n) is 21.4. The van der Waals surface area contributed by atoms with Crippen LogP contribution in [0.1, 0.15) is 50.2 Å². The van der Waals surface area contributed by atoms with E-state index in [1.54, 1.807) is 32.0 Å². The van der Waals surface area contributed by atoms with Crippen LogP contribution in [0.4, 0.5) is 4.39 Å². The molecule has 1 atom stereocenters. The monoisotopic (exact) mass is 507 g/mol. The van der Waals surface area contributed by atoms with Crippen molar-refractivity contribution in [3.8, 4) is 0 Å². The summed E-state index contributed by atoms with van der Waals surface area (Å²) in [7, 11) is 0. The van der Waals surface area contributed by atoms with E-state index < -0.39 is 17.7 Å². The fourth-order valence-electron chi connectivity index (χ4n) is 5.19. The maximum atomic E-state index is 14.6. The molecule has 2 aliphatic heterocycles. The Labute approximate surface area is 217 Å². The molecular formula is C29H34FN3O4. The summed E-state index contributed by atoms with van der Waals surface area (Å²) in [5.74, 6) is -2.45. The van der Waals surface area contributed by atoms with Crippen LogP contribution in [0.15, 0.2) is 65.9 Å². The highest BCUT2D eigenvalue weighted by molar-refractivity contribution is 5.97. The number of benzene rings is 2. The van der Waals surface area contributed by atoms with Crippen molar-refractivity contribution in [2.75, 3.05) is 26.2 Å². The number of allylic oxidation sites excluding steroid dienone is 1. The van der Waals surface area contributed by atoms with Gasteiger partial charge < -0.3 is 15.0 Å². The van der Waals surface area contributed by atoms with Gasteiger partial charge in [0.1, 0.15) is 12.4 Å². The highest BCUT2D eigenvalue weighted by Crippen LogP contribution is 2.38. The molecule has 2 aliphatic rings. The van der Waals surface area contributed by atoms with Crippen LogP contribution in [0.3, 0.4) is 0 Å². The van der Waals surface area contributed by atoms with Gasteiger partial charge in [-0.05, 0) is 43.9 Å². The third kappa shape index (κ3) is 6.43. The van der Waals surface area contributed by atoms with Gasteiger partial charge in [-0.2, -0.15) is 0 Å². The van der Waals surface area contributed by atoms with Gasteiger partial charge in [-0.25, -0.2) is 9.18 Å². The molecule has 0 spiro atoms. The first-order valence-corrected chi connectivity index (χ1v) is 12.9. The van der Waals surface area contributed by atoms with Crippen LogP contribution < -0.4 is 5.32 Å². The minimum atomic E-state index is -0.763. The van der Waals surface area contributed by atoms with Gasteiger partial charge in [0.05, 0.1) is 12.2 Å². The number of nitrogens with one attached hydrogen (secondary N) is 1. The van der Waals surface area contributed by atoms with E-state index >= 15 is 0 Å². The van der Waals surface area contributed by atoms with Crippen LogP contribution >= 0.6 is 0 Å². The van der Waals surface area contributed by atoms with Crippen molar-refractivity contribution in [3.63, 3.8) is 0 Å². The lowest BCUT2D eigenvalue weighted by Gasteiger charge is -2.35. The number of piperidine rings is 1. The zero-order valence-corrected chi connectivity index (χ0v) is 21.4. The number of ether oxygens (including phenoxy) is 1. The quantitative estimate of drug-likeness (QED) is 0.551. The van der Waals surface area contributed by atoms with E-state index in [1.165, 1.54) is 16.5 Å². The Morgan fingerprint density at radius 1 is 1.05 bits per heavy atom. The average molecular weight is 508 g/mol. The molecule has 2 heterocycles. The van der Waals surface area contributed by atoms with E-state index in [2.05, 4.69) is 22.3 Å². The predicted octanol–water partition coefficient (Wildman–Crippen LogP) is 3.76. The van der Waals surface area contributed by atoms with Gasteiger partial charge in [-0.15, -0.1) is 0 Å². The smallest absolute Gasteiger partial charge is 0.336 e. The van der Waals surface area contributed by atoms with Gasteiger partial charge in [-0.3, -0.25) is 14.5 Å². The van der Waals surface area contributed by atoms with Crippen molar-refractivity contribution < 1.29 is 23.5 Å². The van der Waals surface area contributed by atoms with Gasteiger partial charge in [0.25, 0.3) is 0 Å². The number of hydrogen-bond donors (Lipinski definition) is 1. The molecule has 0 saturated carbocycles. The Kier molecular flexibility index (Phi) is 8.71. The molecule has 1 N–H and O–H groups in total. The average Bonchev–Trinajstić information content (AvgIpc) is 2.88. The Hall–Kier alpha value is -3.52. The number of nitrogens with zero attached hydrogens (tertiary/aromatic N) is 2. The van der Waals surface area contributed by atoms with E-state index in [4.69, 9.17) is 4.74 Å². The molecule has 37 heavy (non-hydrogen) atoms. The predicted molar refractivity (Wildman–Crippen MR) is 138 cm³/mol. The van der Waals surface area contributed by atoms with E-state index in [-0.39, 0.29) is 48.6 Å². The summed E-state index contributed by atoms with van der Waals surface area (Å²) in [5, 5.41) is 3.05. The van der Waals surface area contributed by atoms with Gasteiger partial charge in [0, 0.05) is 43.7 Å². The number of carbonyl (C=O) groups is 3. The maximum absolute atomic E-state index is 14.6. The molecule has 196 valence electrons. The molecule has 0 aromatic heterocycles. The number of esters is 1. The van der Waals surface area contributed by atoms with E-state index in [0.29, 0.717) is 5.70 Å². The van der Waals surface area contributed by atoms with Crippen LogP contribution in [0.25, 0.3) is 0 Å². The summed E-state index contributed by atoms with van der Waals surface area (Å²) in [6.07, 6.45) is 1.53. The lowest BCUT2D eigenvalue weighted by molar-refractivity contribution is -0.141. The number of halogens is 1. The second kappa shape index (κ2) is 12.1. The van der Waals surface area contributed by atoms with Crippen molar-refractivity contribution in [1.82, 2.24) is 15.1 Å². The fourth-order valence-corrected chi connectivity index (χ4v) is 5.19. The first-order chi connectivity index (χ1) is 17.9. The molecule has 0 aliphatic carbocycles. The van der Waals surface area contributed by atoms with Crippen LogP contribution in [-0.2, 0) is 25.7 Å². The summed E-state index contributed by atoms with van der Waals surface area (Å²) in [5.41, 5.74) is 2.08. The Morgan fingerprint density at radius 3 is 2.41 bits per heavy atom. The Balaban J connectivity index is 1.41. The van der Waals surface area contributed by atoms with Crippen LogP contribution in [0.2, 0.25) is 0 Å². The minimum Gasteiger partial charge on any atom is -0.463 e. The zero-order chi connectivity index (χ0) is 26.4. The van der Waals surface area contributed by atoms with Crippen molar-refractivity contribution in [1.29, 1.82) is 0 Å². The highest BCUT2D eigenvalue weighted by Gasteiger charge is 2.38. The minimum absolute atomic E-state index is 0.0272. The second-order valence-corrected chi connectivity index (χ2v) is 9.58. The molecule has 2 aromatic rings. The molecule has 1 unspecified atom stereocenters. The first-order valence-electron chi connectivity index (χ1n) is 12.9. The lowest BCUT2D eigenvalue weighted by atomic mass is 9.83. The standard InChI is InChI=1S/C29H34FN3O4/c1-3-37-29(36)28-20(2)33(27(35)17-24(28)23-11-7-8-12-25(23)30)19-26(34)31-22-13-15-32(16-14-22)18-21-9-5-4-6-10-21/h4-12,22,24H,3,13-19H2,1-2H3,(H,31,34). The van der Waals surface area contributed by atoms with Crippen molar-refractivity contribution in [2.45, 2.75) is 51.6 Å². The van der Waals surface area contributed by atoms with E-state index in [1.807, 2.05) is 18.2 Å². The SMILES string of the molecule is CCOC(=O)C1=C(C)N(CC(=O)NC2CCN(Cc3ccccc3)CC2)C(=O)CC1c1ccccc1F. The molecule has 4 rings (SSSR count). The summed E-state index contributed by atoms with van der Waals surface area (Å²) >= 11 is 0. The van der Waals surface area contributed by atoms with Crippen LogP contribution in [0, 0.1) is 5.82 Å². The fraction of sp³-hybridized carbons (Fsp3) is 0.414. The number of rotatable bonds is 8. The van der Waals surface area contributed by atoms with Gasteiger partial charge in [0.15, 0.2) is 0 Å². The van der Waals surface area contributed by atoms with Gasteiger partial charge in [-0.1, -0.05) is 48.5 Å². The summed E-state index contributed by atoms with van der Waals surface area (Å²) < 4.78 is 19.8. The topological polar surface area (TPSA) is 79.0 Å². The van der Waals surface area contributed by atoms with E-state index in [0.717, 1.165) is 32.5 Å². The van der Waals surface area contributed by atoms with Crippen molar-refractivity contribution in [2.24, 2.45) is 0 Å². The normalized spacial score (nSPS) is 19.2. The largest absolute Gasteiger partial charge is 0.463 e. The first kappa shape index (κ1) is 26.5. The molecule has 2 amide bonds. The molecule has 8 heteroatoms. The number of likely N-dealkylation sites (tertiary alicyclic amines) is 1. The molecule has 1 saturated heterocycles. The molecule has 7 nitrogen and oxygen atoms in total. The highest BCUT2D eigenvalue weighted by atomic mass is 19.1. The third-order valence-corrected chi connectivity index (χ3v) is 7.10. The van der Waals surface area contributed by atoms with Crippen molar-refractivity contribution in [3.05, 3.63) is 82.8 Å². The van der Waals surface area contributed by atoms with E-state index in [9.17, 15) is 18.8 Å².